The van der Waals surface area contributed by atoms with Crippen molar-refractivity contribution in [3.05, 3.63) is 113 Å². The van der Waals surface area contributed by atoms with Gasteiger partial charge in [-0.2, -0.15) is 0 Å². The average molecular weight is 517 g/mol. The lowest BCUT2D eigenvalue weighted by atomic mass is 10.1. The third kappa shape index (κ3) is 4.38. The zero-order chi connectivity index (χ0) is 26.3. The van der Waals surface area contributed by atoms with Crippen LogP contribution >= 0.6 is 0 Å². The summed E-state index contributed by atoms with van der Waals surface area (Å²) in [5.41, 5.74) is 3.69. The summed E-state index contributed by atoms with van der Waals surface area (Å²) < 4.78 is 17.0. The van der Waals surface area contributed by atoms with E-state index in [-0.39, 0.29) is 18.6 Å². The maximum absolute atomic E-state index is 13.2. The predicted octanol–water partition coefficient (Wildman–Crippen LogP) is 6.28. The number of benzene rings is 4. The van der Waals surface area contributed by atoms with Crippen molar-refractivity contribution in [2.75, 3.05) is 18.7 Å². The van der Waals surface area contributed by atoms with Crippen molar-refractivity contribution < 1.29 is 23.5 Å². The number of hydrogen-bond donors (Lipinski definition) is 1. The van der Waals surface area contributed by atoms with E-state index in [4.69, 9.17) is 13.9 Å². The van der Waals surface area contributed by atoms with Crippen molar-refractivity contribution in [3.63, 3.8) is 0 Å². The summed E-state index contributed by atoms with van der Waals surface area (Å²) in [6.45, 7) is 1.20. The van der Waals surface area contributed by atoms with Crippen LogP contribution < -0.4 is 14.8 Å². The van der Waals surface area contributed by atoms with Crippen LogP contribution in [0.4, 0.5) is 5.69 Å². The zero-order valence-corrected chi connectivity index (χ0v) is 21.0. The number of furan rings is 1. The normalized spacial score (nSPS) is 13.8. The number of nitrogens with zero attached hydrogens (tertiary/aromatic N) is 1. The highest BCUT2D eigenvalue weighted by atomic mass is 16.7. The smallest absolute Gasteiger partial charge is 0.255 e. The van der Waals surface area contributed by atoms with Crippen LogP contribution in [0.2, 0.25) is 0 Å². The summed E-state index contributed by atoms with van der Waals surface area (Å²) in [6.07, 6.45) is 0.629. The molecule has 4 aromatic carbocycles. The van der Waals surface area contributed by atoms with Gasteiger partial charge in [0, 0.05) is 47.5 Å². The molecule has 7 nitrogen and oxygen atoms in total. The van der Waals surface area contributed by atoms with E-state index in [9.17, 15) is 9.59 Å². The monoisotopic (exact) mass is 516 g/mol. The minimum Gasteiger partial charge on any atom is -0.461 e. The maximum Gasteiger partial charge on any atom is 0.255 e. The molecule has 1 N–H and O–H groups in total. The second-order valence-corrected chi connectivity index (χ2v) is 9.70. The van der Waals surface area contributed by atoms with Crippen LogP contribution in [0.5, 0.6) is 11.5 Å². The van der Waals surface area contributed by atoms with Crippen molar-refractivity contribution in [1.82, 2.24) is 4.90 Å². The fraction of sp³-hybridized carbons (Fsp3) is 0.125. The van der Waals surface area contributed by atoms with Gasteiger partial charge < -0.3 is 24.1 Å². The SMILES string of the molecule is O=C(Nc1cccc(-c2cc3c(o2)CCN(C(=O)c2ccc4c(c2)OCO4)C3)c1)c1ccc2ccccc2c1. The van der Waals surface area contributed by atoms with Gasteiger partial charge in [-0.15, -0.1) is 0 Å². The van der Waals surface area contributed by atoms with Crippen molar-refractivity contribution in [3.8, 4) is 22.8 Å². The molecule has 2 amide bonds. The summed E-state index contributed by atoms with van der Waals surface area (Å²) in [6, 6.07) is 28.5. The number of rotatable bonds is 4. The molecule has 0 saturated heterocycles. The molecule has 0 aliphatic carbocycles. The molecule has 0 fully saturated rings. The van der Waals surface area contributed by atoms with Gasteiger partial charge in [-0.1, -0.05) is 42.5 Å². The first-order valence-corrected chi connectivity index (χ1v) is 12.8. The Labute approximate surface area is 224 Å². The molecule has 0 atom stereocenters. The van der Waals surface area contributed by atoms with Crippen LogP contribution in [0.3, 0.4) is 0 Å². The number of anilines is 1. The van der Waals surface area contributed by atoms with E-state index >= 15 is 0 Å². The number of nitrogens with one attached hydrogen (secondary N) is 1. The van der Waals surface area contributed by atoms with Crippen LogP contribution in [0.1, 0.15) is 32.0 Å². The van der Waals surface area contributed by atoms with Crippen molar-refractivity contribution in [2.24, 2.45) is 0 Å². The fourth-order valence-corrected chi connectivity index (χ4v) is 5.14. The van der Waals surface area contributed by atoms with Crippen LogP contribution in [-0.4, -0.2) is 30.1 Å². The highest BCUT2D eigenvalue weighted by Gasteiger charge is 2.26. The predicted molar refractivity (Wildman–Crippen MR) is 147 cm³/mol. The molecular weight excluding hydrogens is 492 g/mol. The summed E-state index contributed by atoms with van der Waals surface area (Å²) in [4.78, 5) is 28.0. The quantitative estimate of drug-likeness (QED) is 0.304. The Morgan fingerprint density at radius 1 is 0.769 bits per heavy atom. The highest BCUT2D eigenvalue weighted by molar-refractivity contribution is 6.06. The molecule has 5 aromatic rings. The van der Waals surface area contributed by atoms with Gasteiger partial charge in [0.1, 0.15) is 11.5 Å². The summed E-state index contributed by atoms with van der Waals surface area (Å²) in [7, 11) is 0. The van der Waals surface area contributed by atoms with Gasteiger partial charge in [0.15, 0.2) is 11.5 Å². The Morgan fingerprint density at radius 3 is 2.54 bits per heavy atom. The van der Waals surface area contributed by atoms with Crippen molar-refractivity contribution >= 4 is 28.3 Å². The van der Waals surface area contributed by atoms with Gasteiger partial charge >= 0.3 is 0 Å². The van der Waals surface area contributed by atoms with E-state index in [1.807, 2.05) is 77.7 Å². The van der Waals surface area contributed by atoms with E-state index in [1.54, 1.807) is 18.2 Å². The largest absolute Gasteiger partial charge is 0.461 e. The van der Waals surface area contributed by atoms with Gasteiger partial charge in [-0.25, -0.2) is 0 Å². The number of carbonyl (C=O) groups is 2. The second kappa shape index (κ2) is 9.36. The van der Waals surface area contributed by atoms with Gasteiger partial charge in [-0.05, 0) is 59.3 Å². The molecule has 2 aliphatic heterocycles. The van der Waals surface area contributed by atoms with Crippen molar-refractivity contribution in [2.45, 2.75) is 13.0 Å². The third-order valence-electron chi connectivity index (χ3n) is 7.19. The van der Waals surface area contributed by atoms with E-state index in [0.717, 1.165) is 27.7 Å². The Hall–Kier alpha value is -5.04. The Bertz CT molecular complexity index is 1760. The number of carbonyl (C=O) groups excluding carboxylic acids is 2. The molecule has 0 bridgehead atoms. The fourth-order valence-electron chi connectivity index (χ4n) is 5.14. The molecule has 2 aliphatic rings. The number of fused-ring (bicyclic) bond motifs is 3. The average Bonchev–Trinajstić information content (AvgIpc) is 3.63. The molecule has 39 heavy (non-hydrogen) atoms. The minimum absolute atomic E-state index is 0.0555. The van der Waals surface area contributed by atoms with E-state index in [1.165, 1.54) is 0 Å². The molecule has 7 heteroatoms. The molecule has 0 radical (unpaired) electrons. The molecule has 1 aromatic heterocycles. The van der Waals surface area contributed by atoms with Gasteiger partial charge in [0.05, 0.1) is 0 Å². The molecule has 3 heterocycles. The van der Waals surface area contributed by atoms with Crippen molar-refractivity contribution in [1.29, 1.82) is 0 Å². The lowest BCUT2D eigenvalue weighted by Crippen LogP contribution is -2.35. The number of ether oxygens (including phenoxy) is 2. The first-order valence-electron chi connectivity index (χ1n) is 12.8. The van der Waals surface area contributed by atoms with Gasteiger partial charge in [-0.3, -0.25) is 9.59 Å². The molecule has 0 unspecified atom stereocenters. The first kappa shape index (κ1) is 23.1. The highest BCUT2D eigenvalue weighted by Crippen LogP contribution is 2.34. The topological polar surface area (TPSA) is 81.0 Å². The Kier molecular flexibility index (Phi) is 5.55. The molecular formula is C32H24N2O5. The molecule has 192 valence electrons. The lowest BCUT2D eigenvalue weighted by molar-refractivity contribution is 0.0729. The summed E-state index contributed by atoms with van der Waals surface area (Å²) in [5.74, 6) is 2.61. The second-order valence-electron chi connectivity index (χ2n) is 9.70. The molecule has 0 saturated carbocycles. The van der Waals surface area contributed by atoms with Gasteiger partial charge in [0.25, 0.3) is 11.8 Å². The van der Waals surface area contributed by atoms with Crippen LogP contribution in [0, 0.1) is 0 Å². The number of hydrogen-bond acceptors (Lipinski definition) is 5. The van der Waals surface area contributed by atoms with Crippen LogP contribution in [0.25, 0.3) is 22.1 Å². The van der Waals surface area contributed by atoms with Crippen LogP contribution in [0.15, 0.2) is 95.4 Å². The molecule has 0 spiro atoms. The minimum atomic E-state index is -0.172. The zero-order valence-electron chi connectivity index (χ0n) is 21.0. The maximum atomic E-state index is 13.2. The van der Waals surface area contributed by atoms with E-state index in [0.29, 0.717) is 53.6 Å². The standard InChI is InChI=1S/C32H24N2O5/c35-31(23-9-8-20-4-1-2-5-21(20)14-23)33-26-7-3-6-22(15-26)29-17-25-18-34(13-12-27(25)39-29)32(36)24-10-11-28-30(16-24)38-19-37-28/h1-11,14-17H,12-13,18-19H2,(H,33,35). The number of amides is 2. The van der Waals surface area contributed by atoms with Crippen LogP contribution in [-0.2, 0) is 13.0 Å². The Morgan fingerprint density at radius 2 is 1.62 bits per heavy atom. The third-order valence-corrected chi connectivity index (χ3v) is 7.19. The first-order chi connectivity index (χ1) is 19.1. The van der Waals surface area contributed by atoms with E-state index in [2.05, 4.69) is 5.32 Å². The lowest BCUT2D eigenvalue weighted by Gasteiger charge is -2.26. The molecule has 7 rings (SSSR count). The summed E-state index contributed by atoms with van der Waals surface area (Å²) in [5, 5.41) is 5.11. The summed E-state index contributed by atoms with van der Waals surface area (Å²) >= 11 is 0. The Balaban J connectivity index is 1.07. The van der Waals surface area contributed by atoms with Gasteiger partial charge in [0.2, 0.25) is 6.79 Å². The van der Waals surface area contributed by atoms with E-state index < -0.39 is 0 Å².